The third-order valence-corrected chi connectivity index (χ3v) is 7.32. The molecule has 0 bridgehead atoms. The SMILES string of the molecule is CCCCNc1ccc(S(=O)(=O)NCc2ccn(C3CCC3)n2)cc1S(N)(=O)=O. The van der Waals surface area contributed by atoms with E-state index in [1.54, 1.807) is 6.07 Å². The molecule has 1 aromatic heterocycles. The summed E-state index contributed by atoms with van der Waals surface area (Å²) in [4.78, 5) is -0.410. The molecule has 1 aliphatic carbocycles. The van der Waals surface area contributed by atoms with E-state index < -0.39 is 20.0 Å². The van der Waals surface area contributed by atoms with Crippen molar-refractivity contribution in [3.63, 3.8) is 0 Å². The minimum Gasteiger partial charge on any atom is -0.384 e. The lowest BCUT2D eigenvalue weighted by Crippen LogP contribution is -2.25. The maximum atomic E-state index is 12.7. The second kappa shape index (κ2) is 8.82. The molecule has 0 atom stereocenters. The third kappa shape index (κ3) is 5.35. The Labute approximate surface area is 171 Å². The van der Waals surface area contributed by atoms with Gasteiger partial charge in [-0.15, -0.1) is 0 Å². The molecule has 29 heavy (non-hydrogen) atoms. The highest BCUT2D eigenvalue weighted by molar-refractivity contribution is 7.90. The van der Waals surface area contributed by atoms with Crippen molar-refractivity contribution in [1.29, 1.82) is 0 Å². The van der Waals surface area contributed by atoms with Crippen LogP contribution in [-0.2, 0) is 26.6 Å². The molecular weight excluding hydrogens is 414 g/mol. The Morgan fingerprint density at radius 1 is 1.21 bits per heavy atom. The summed E-state index contributed by atoms with van der Waals surface area (Å²) < 4.78 is 53.6. The lowest BCUT2D eigenvalue weighted by Gasteiger charge is -2.25. The van der Waals surface area contributed by atoms with Crippen LogP contribution >= 0.6 is 0 Å². The second-order valence-electron chi connectivity index (χ2n) is 7.18. The molecule has 0 spiro atoms. The fourth-order valence-electron chi connectivity index (χ4n) is 3.03. The fraction of sp³-hybridized carbons (Fsp3) is 0.500. The summed E-state index contributed by atoms with van der Waals surface area (Å²) in [6.45, 7) is 2.59. The number of hydrogen-bond donors (Lipinski definition) is 3. The number of anilines is 1. The summed E-state index contributed by atoms with van der Waals surface area (Å²) in [5.41, 5.74) is 0.893. The molecule has 0 radical (unpaired) electrons. The van der Waals surface area contributed by atoms with Crippen LogP contribution in [0.1, 0.15) is 50.8 Å². The van der Waals surface area contributed by atoms with Gasteiger partial charge in [-0.2, -0.15) is 5.10 Å². The quantitative estimate of drug-likeness (QED) is 0.482. The number of nitrogens with zero attached hydrogens (tertiary/aromatic N) is 2. The summed E-state index contributed by atoms with van der Waals surface area (Å²) in [5.74, 6) is 0. The predicted molar refractivity (Wildman–Crippen MR) is 110 cm³/mol. The van der Waals surface area contributed by atoms with Gasteiger partial charge in [0, 0.05) is 12.7 Å². The van der Waals surface area contributed by atoms with Crippen LogP contribution in [-0.4, -0.2) is 33.2 Å². The van der Waals surface area contributed by atoms with E-state index in [2.05, 4.69) is 15.1 Å². The monoisotopic (exact) mass is 441 g/mol. The lowest BCUT2D eigenvalue weighted by molar-refractivity contribution is 0.288. The van der Waals surface area contributed by atoms with Crippen LogP contribution in [0.25, 0.3) is 0 Å². The van der Waals surface area contributed by atoms with Crippen molar-refractivity contribution in [2.45, 2.75) is 61.4 Å². The van der Waals surface area contributed by atoms with E-state index in [9.17, 15) is 16.8 Å². The molecule has 9 nitrogen and oxygen atoms in total. The highest BCUT2D eigenvalue weighted by Crippen LogP contribution is 2.30. The van der Waals surface area contributed by atoms with Gasteiger partial charge in [-0.05, 0) is 49.9 Å². The molecule has 0 saturated heterocycles. The average molecular weight is 442 g/mol. The van der Waals surface area contributed by atoms with Gasteiger partial charge in [0.05, 0.1) is 28.9 Å². The van der Waals surface area contributed by atoms with Crippen molar-refractivity contribution in [3.8, 4) is 0 Å². The predicted octanol–water partition coefficient (Wildman–Crippen LogP) is 1.95. The van der Waals surface area contributed by atoms with Crippen LogP contribution in [0.5, 0.6) is 0 Å². The fourth-order valence-corrected chi connectivity index (χ4v) is 4.87. The molecule has 1 aromatic carbocycles. The molecule has 0 amide bonds. The molecule has 3 rings (SSSR count). The number of unbranched alkanes of at least 4 members (excludes halogenated alkanes) is 1. The minimum atomic E-state index is -4.09. The lowest BCUT2D eigenvalue weighted by atomic mass is 9.93. The Hall–Kier alpha value is -1.95. The van der Waals surface area contributed by atoms with Gasteiger partial charge in [-0.3, -0.25) is 4.68 Å². The van der Waals surface area contributed by atoms with Crippen molar-refractivity contribution in [3.05, 3.63) is 36.2 Å². The number of sulfonamides is 2. The van der Waals surface area contributed by atoms with Crippen molar-refractivity contribution < 1.29 is 16.8 Å². The standard InChI is InChI=1S/C18H27N5O4S2/c1-2-3-10-20-17-8-7-16(12-18(17)28(19,24)25)29(26,27)21-13-14-9-11-23(22-14)15-5-4-6-15/h7-9,11-12,15,20-21H,2-6,10,13H2,1H3,(H2,19,24,25). The highest BCUT2D eigenvalue weighted by Gasteiger charge is 2.22. The molecule has 160 valence electrons. The van der Waals surface area contributed by atoms with Crippen LogP contribution < -0.4 is 15.2 Å². The Kier molecular flexibility index (Phi) is 6.62. The number of benzene rings is 1. The van der Waals surface area contributed by atoms with Gasteiger partial charge in [-0.25, -0.2) is 26.7 Å². The van der Waals surface area contributed by atoms with Crippen molar-refractivity contribution in [2.75, 3.05) is 11.9 Å². The van der Waals surface area contributed by atoms with E-state index in [4.69, 9.17) is 5.14 Å². The van der Waals surface area contributed by atoms with E-state index in [0.29, 0.717) is 24.0 Å². The van der Waals surface area contributed by atoms with Crippen molar-refractivity contribution in [1.82, 2.24) is 14.5 Å². The van der Waals surface area contributed by atoms with E-state index in [0.717, 1.165) is 31.7 Å². The Bertz CT molecular complexity index is 1060. The largest absolute Gasteiger partial charge is 0.384 e. The number of aromatic nitrogens is 2. The van der Waals surface area contributed by atoms with Crippen LogP contribution in [0, 0.1) is 0 Å². The Morgan fingerprint density at radius 3 is 2.59 bits per heavy atom. The second-order valence-corrected chi connectivity index (χ2v) is 10.5. The first-order valence-electron chi connectivity index (χ1n) is 9.65. The van der Waals surface area contributed by atoms with Crippen LogP contribution in [0.3, 0.4) is 0 Å². The number of nitrogens with two attached hydrogens (primary N) is 1. The van der Waals surface area contributed by atoms with Gasteiger partial charge in [0.1, 0.15) is 4.90 Å². The molecular formula is C18H27N5O4S2. The van der Waals surface area contributed by atoms with Gasteiger partial charge < -0.3 is 5.32 Å². The zero-order chi connectivity index (χ0) is 21.1. The van der Waals surface area contributed by atoms with Gasteiger partial charge in [0.25, 0.3) is 0 Å². The number of rotatable bonds is 10. The summed E-state index contributed by atoms with van der Waals surface area (Å²) >= 11 is 0. The van der Waals surface area contributed by atoms with E-state index in [1.807, 2.05) is 17.8 Å². The van der Waals surface area contributed by atoms with Crippen molar-refractivity contribution in [2.24, 2.45) is 5.14 Å². The molecule has 1 fully saturated rings. The average Bonchev–Trinajstić information content (AvgIpc) is 3.06. The molecule has 11 heteroatoms. The summed E-state index contributed by atoms with van der Waals surface area (Å²) in [6, 6.07) is 6.04. The topological polar surface area (TPSA) is 136 Å². The van der Waals surface area contributed by atoms with E-state index in [-0.39, 0.29) is 16.3 Å². The van der Waals surface area contributed by atoms with Crippen LogP contribution in [0.2, 0.25) is 0 Å². The van der Waals surface area contributed by atoms with E-state index >= 15 is 0 Å². The number of hydrogen-bond acceptors (Lipinski definition) is 6. The summed E-state index contributed by atoms with van der Waals surface area (Å²) in [7, 11) is -8.03. The number of primary sulfonamides is 1. The normalized spacial score (nSPS) is 15.2. The molecule has 1 saturated carbocycles. The first-order chi connectivity index (χ1) is 13.7. The van der Waals surface area contributed by atoms with Gasteiger partial charge in [0.15, 0.2) is 0 Å². The molecule has 0 aliphatic heterocycles. The Balaban J connectivity index is 1.75. The first-order valence-corrected chi connectivity index (χ1v) is 12.7. The van der Waals surface area contributed by atoms with E-state index in [1.165, 1.54) is 18.6 Å². The van der Waals surface area contributed by atoms with Gasteiger partial charge >= 0.3 is 0 Å². The summed E-state index contributed by atoms with van der Waals surface area (Å²) in [6.07, 6.45) is 6.99. The van der Waals surface area contributed by atoms with Crippen LogP contribution in [0.4, 0.5) is 5.69 Å². The summed E-state index contributed by atoms with van der Waals surface area (Å²) in [5, 5.41) is 12.7. The van der Waals surface area contributed by atoms with Gasteiger partial charge in [-0.1, -0.05) is 13.3 Å². The molecule has 1 aliphatic rings. The van der Waals surface area contributed by atoms with Crippen LogP contribution in [0.15, 0.2) is 40.3 Å². The number of nitrogens with one attached hydrogen (secondary N) is 2. The molecule has 2 aromatic rings. The first kappa shape index (κ1) is 21.8. The maximum Gasteiger partial charge on any atom is 0.240 e. The van der Waals surface area contributed by atoms with Gasteiger partial charge in [0.2, 0.25) is 20.0 Å². The maximum absolute atomic E-state index is 12.7. The molecule has 0 unspecified atom stereocenters. The third-order valence-electron chi connectivity index (χ3n) is 4.97. The Morgan fingerprint density at radius 2 is 1.97 bits per heavy atom. The zero-order valence-corrected chi connectivity index (χ0v) is 18.0. The molecule has 4 N–H and O–H groups in total. The smallest absolute Gasteiger partial charge is 0.240 e. The zero-order valence-electron chi connectivity index (χ0n) is 16.3. The highest BCUT2D eigenvalue weighted by atomic mass is 32.2. The minimum absolute atomic E-state index is 0.0171. The molecule has 1 heterocycles. The van der Waals surface area contributed by atoms with Crippen molar-refractivity contribution >= 4 is 25.7 Å².